The smallest absolute Gasteiger partial charge is 0.253 e. The normalized spacial score (nSPS) is 21.1. The third-order valence-electron chi connectivity index (χ3n) is 6.98. The Bertz CT molecular complexity index is 1140. The maximum absolute atomic E-state index is 13.4. The number of aromatic amines is 1. The van der Waals surface area contributed by atoms with Crippen molar-refractivity contribution < 1.29 is 4.74 Å². The number of ether oxygens (including phenoxy) is 1. The first kappa shape index (κ1) is 21.3. The van der Waals surface area contributed by atoms with E-state index in [4.69, 9.17) is 4.74 Å². The van der Waals surface area contributed by atoms with Crippen LogP contribution >= 0.6 is 0 Å². The molecule has 0 amide bonds. The van der Waals surface area contributed by atoms with Crippen molar-refractivity contribution >= 4 is 10.9 Å². The molecule has 0 bridgehead atoms. The van der Waals surface area contributed by atoms with Crippen LogP contribution in [0.1, 0.15) is 67.1 Å². The number of tetrazole rings is 1. The molecular formula is C24H32N6O2. The molecule has 1 N–H and O–H groups in total. The molecule has 0 saturated carbocycles. The number of pyridine rings is 1. The number of rotatable bonds is 5. The van der Waals surface area contributed by atoms with E-state index in [1.165, 1.54) is 12.8 Å². The van der Waals surface area contributed by atoms with Gasteiger partial charge in [0.25, 0.3) is 5.56 Å². The van der Waals surface area contributed by atoms with E-state index < -0.39 is 0 Å². The highest BCUT2D eigenvalue weighted by atomic mass is 16.5. The van der Waals surface area contributed by atoms with Gasteiger partial charge in [-0.1, -0.05) is 25.0 Å². The fraction of sp³-hybridized carbons (Fsp3) is 0.583. The standard InChI is InChI=1S/C24H32N6O2/c1-16-9-10-17(2)21-19(16)14-20(24(31)25-21)22(29-11-5-3-4-6-12-29)23-26-27-28-30(23)15-18-8-7-13-32-18/h9-10,14,18,22H,3-8,11-13,15H2,1-2H3,(H,25,31). The largest absolute Gasteiger partial charge is 0.376 e. The summed E-state index contributed by atoms with van der Waals surface area (Å²) in [7, 11) is 0. The number of fused-ring (bicyclic) bond motifs is 1. The van der Waals surface area contributed by atoms with Gasteiger partial charge in [-0.15, -0.1) is 5.10 Å². The van der Waals surface area contributed by atoms with E-state index in [0.29, 0.717) is 6.54 Å². The molecule has 32 heavy (non-hydrogen) atoms. The summed E-state index contributed by atoms with van der Waals surface area (Å²) in [6.45, 7) is 7.40. The molecule has 0 spiro atoms. The van der Waals surface area contributed by atoms with E-state index in [1.54, 1.807) is 0 Å². The van der Waals surface area contributed by atoms with E-state index >= 15 is 0 Å². The lowest BCUT2D eigenvalue weighted by molar-refractivity contribution is 0.0909. The summed E-state index contributed by atoms with van der Waals surface area (Å²) in [5.74, 6) is 0.734. The van der Waals surface area contributed by atoms with Gasteiger partial charge >= 0.3 is 0 Å². The Morgan fingerprint density at radius 3 is 2.66 bits per heavy atom. The van der Waals surface area contributed by atoms with Gasteiger partial charge in [0, 0.05) is 17.6 Å². The lowest BCUT2D eigenvalue weighted by Gasteiger charge is -2.30. The van der Waals surface area contributed by atoms with Crippen LogP contribution < -0.4 is 5.56 Å². The third-order valence-corrected chi connectivity index (χ3v) is 6.98. The minimum absolute atomic E-state index is 0.0629. The van der Waals surface area contributed by atoms with Crippen LogP contribution in [0.25, 0.3) is 10.9 Å². The number of aryl methyl sites for hydroxylation is 2. The molecule has 0 aliphatic carbocycles. The second kappa shape index (κ2) is 9.11. The first-order valence-corrected chi connectivity index (χ1v) is 11.9. The maximum Gasteiger partial charge on any atom is 0.253 e. The zero-order valence-electron chi connectivity index (χ0n) is 19.0. The van der Waals surface area contributed by atoms with Crippen LogP contribution in [-0.2, 0) is 11.3 Å². The highest BCUT2D eigenvalue weighted by molar-refractivity contribution is 5.85. The van der Waals surface area contributed by atoms with Gasteiger partial charge in [0.15, 0.2) is 5.82 Å². The van der Waals surface area contributed by atoms with Crippen LogP contribution in [0.15, 0.2) is 23.0 Å². The quantitative estimate of drug-likeness (QED) is 0.660. The number of nitrogens with zero attached hydrogens (tertiary/aromatic N) is 5. The average Bonchev–Trinajstić information content (AvgIpc) is 3.39. The van der Waals surface area contributed by atoms with Gasteiger partial charge in [0.2, 0.25) is 0 Å². The number of H-pyrrole nitrogens is 1. The number of likely N-dealkylation sites (tertiary alicyclic amines) is 1. The minimum atomic E-state index is -0.280. The summed E-state index contributed by atoms with van der Waals surface area (Å²) in [5.41, 5.74) is 3.79. The van der Waals surface area contributed by atoms with Gasteiger partial charge in [0.1, 0.15) is 6.04 Å². The number of hydrogen-bond donors (Lipinski definition) is 1. The first-order valence-electron chi connectivity index (χ1n) is 11.9. The Labute approximate surface area is 188 Å². The molecule has 2 atom stereocenters. The van der Waals surface area contributed by atoms with Gasteiger partial charge in [-0.25, -0.2) is 4.68 Å². The third kappa shape index (κ3) is 4.09. The Morgan fingerprint density at radius 2 is 1.91 bits per heavy atom. The molecule has 2 aliphatic rings. The highest BCUT2D eigenvalue weighted by Gasteiger charge is 2.32. The average molecular weight is 437 g/mol. The number of nitrogens with one attached hydrogen (secondary N) is 1. The first-order chi connectivity index (χ1) is 15.6. The topological polar surface area (TPSA) is 88.9 Å². The van der Waals surface area contributed by atoms with Crippen molar-refractivity contribution in [3.05, 3.63) is 51.1 Å². The molecule has 2 aliphatic heterocycles. The van der Waals surface area contributed by atoms with Crippen LogP contribution in [0, 0.1) is 13.8 Å². The van der Waals surface area contributed by atoms with E-state index in [1.807, 2.05) is 11.6 Å². The van der Waals surface area contributed by atoms with Crippen LogP contribution in [-0.4, -0.2) is 55.9 Å². The van der Waals surface area contributed by atoms with Crippen LogP contribution in [0.2, 0.25) is 0 Å². The van der Waals surface area contributed by atoms with Crippen molar-refractivity contribution in [2.75, 3.05) is 19.7 Å². The number of aromatic nitrogens is 5. The summed E-state index contributed by atoms with van der Waals surface area (Å²) >= 11 is 0. The summed E-state index contributed by atoms with van der Waals surface area (Å²) < 4.78 is 7.70. The van der Waals surface area contributed by atoms with E-state index in [9.17, 15) is 4.79 Å². The van der Waals surface area contributed by atoms with Crippen molar-refractivity contribution in [1.29, 1.82) is 0 Å². The van der Waals surface area contributed by atoms with E-state index in [2.05, 4.69) is 50.5 Å². The van der Waals surface area contributed by atoms with Gasteiger partial charge in [-0.3, -0.25) is 9.69 Å². The van der Waals surface area contributed by atoms with Crippen molar-refractivity contribution in [2.45, 2.75) is 71.1 Å². The maximum atomic E-state index is 13.4. The molecule has 2 unspecified atom stereocenters. The fourth-order valence-electron chi connectivity index (χ4n) is 5.17. The monoisotopic (exact) mass is 436 g/mol. The SMILES string of the molecule is Cc1ccc(C)c2[nH]c(=O)c(C(c3nnnn3CC3CCCO3)N3CCCCCC3)cc12. The lowest BCUT2D eigenvalue weighted by Crippen LogP contribution is -2.36. The molecule has 4 heterocycles. The minimum Gasteiger partial charge on any atom is -0.376 e. The predicted octanol–water partition coefficient (Wildman–Crippen LogP) is 3.28. The molecule has 2 aromatic heterocycles. The van der Waals surface area contributed by atoms with Crippen molar-refractivity contribution in [3.63, 3.8) is 0 Å². The van der Waals surface area contributed by atoms with Crippen LogP contribution in [0.4, 0.5) is 0 Å². The summed E-state index contributed by atoms with van der Waals surface area (Å²) in [6.07, 6.45) is 6.89. The van der Waals surface area contributed by atoms with Crippen LogP contribution in [0.3, 0.4) is 0 Å². The molecule has 8 heteroatoms. The van der Waals surface area contributed by atoms with Gasteiger partial charge in [0.05, 0.1) is 18.2 Å². The van der Waals surface area contributed by atoms with Crippen molar-refractivity contribution in [2.24, 2.45) is 0 Å². The molecule has 5 rings (SSSR count). The second-order valence-electron chi connectivity index (χ2n) is 9.25. The van der Waals surface area contributed by atoms with Crippen molar-refractivity contribution in [3.8, 4) is 0 Å². The molecule has 1 aromatic carbocycles. The molecule has 3 aromatic rings. The highest BCUT2D eigenvalue weighted by Crippen LogP contribution is 2.30. The molecule has 2 saturated heterocycles. The molecule has 170 valence electrons. The summed E-state index contributed by atoms with van der Waals surface area (Å²) in [4.78, 5) is 19.0. The number of hydrogen-bond acceptors (Lipinski definition) is 6. The summed E-state index contributed by atoms with van der Waals surface area (Å²) in [5, 5.41) is 13.9. The van der Waals surface area contributed by atoms with Gasteiger partial charge in [-0.05, 0) is 80.2 Å². The molecule has 8 nitrogen and oxygen atoms in total. The van der Waals surface area contributed by atoms with E-state index in [-0.39, 0.29) is 17.7 Å². The molecular weight excluding hydrogens is 404 g/mol. The molecule has 0 radical (unpaired) electrons. The van der Waals surface area contributed by atoms with Gasteiger partial charge in [-0.2, -0.15) is 0 Å². The van der Waals surface area contributed by atoms with Gasteiger partial charge < -0.3 is 9.72 Å². The zero-order valence-corrected chi connectivity index (χ0v) is 19.0. The van der Waals surface area contributed by atoms with E-state index in [0.717, 1.165) is 78.8 Å². The zero-order chi connectivity index (χ0) is 22.1. The molecule has 2 fully saturated rings. The Kier molecular flexibility index (Phi) is 6.06. The predicted molar refractivity (Wildman–Crippen MR) is 123 cm³/mol. The fourth-order valence-corrected chi connectivity index (χ4v) is 5.17. The Morgan fingerprint density at radius 1 is 1.12 bits per heavy atom. The number of benzene rings is 1. The summed E-state index contributed by atoms with van der Waals surface area (Å²) in [6, 6.07) is 5.96. The van der Waals surface area contributed by atoms with Crippen LogP contribution in [0.5, 0.6) is 0 Å². The second-order valence-corrected chi connectivity index (χ2v) is 9.25. The lowest BCUT2D eigenvalue weighted by atomic mass is 9.99. The van der Waals surface area contributed by atoms with Crippen molar-refractivity contribution in [1.82, 2.24) is 30.1 Å². The Hall–Kier alpha value is -2.58. The Balaban J connectivity index is 1.63.